The standard InChI is InChI=1S/C13H18N4O2/c1-9-6-15-13(5-12(9)17(18)19)16-7-10-3-2-4-14-11(10)8-16/h5-6,10-11,14H,2-4,7-8H2,1H3/t10-,11+/m0/s1. The number of fused-ring (bicyclic) bond motifs is 1. The maximum atomic E-state index is 11.0. The molecule has 0 bridgehead atoms. The summed E-state index contributed by atoms with van der Waals surface area (Å²) < 4.78 is 0. The zero-order valence-corrected chi connectivity index (χ0v) is 11.0. The molecule has 2 atom stereocenters. The number of anilines is 1. The molecular formula is C13H18N4O2. The average Bonchev–Trinajstić information content (AvgIpc) is 2.82. The molecule has 1 aromatic rings. The van der Waals surface area contributed by atoms with Crippen molar-refractivity contribution in [2.75, 3.05) is 24.5 Å². The molecule has 0 unspecified atom stereocenters. The van der Waals surface area contributed by atoms with Crippen LogP contribution in [-0.4, -0.2) is 35.6 Å². The number of rotatable bonds is 2. The van der Waals surface area contributed by atoms with E-state index >= 15 is 0 Å². The number of hydrogen-bond donors (Lipinski definition) is 1. The van der Waals surface area contributed by atoms with Crippen LogP contribution in [0.2, 0.25) is 0 Å². The zero-order valence-electron chi connectivity index (χ0n) is 11.0. The van der Waals surface area contributed by atoms with Crippen LogP contribution >= 0.6 is 0 Å². The van der Waals surface area contributed by atoms with Crippen molar-refractivity contribution in [3.05, 3.63) is 27.9 Å². The van der Waals surface area contributed by atoms with E-state index in [1.54, 1.807) is 19.2 Å². The highest BCUT2D eigenvalue weighted by Gasteiger charge is 2.35. The monoisotopic (exact) mass is 262 g/mol. The molecular weight excluding hydrogens is 244 g/mol. The van der Waals surface area contributed by atoms with E-state index in [-0.39, 0.29) is 10.6 Å². The number of piperidine rings is 1. The molecule has 1 aromatic heterocycles. The Morgan fingerprint density at radius 3 is 3.11 bits per heavy atom. The molecule has 0 aliphatic carbocycles. The van der Waals surface area contributed by atoms with Crippen molar-refractivity contribution in [3.63, 3.8) is 0 Å². The fourth-order valence-electron chi connectivity index (χ4n) is 3.11. The van der Waals surface area contributed by atoms with Crippen molar-refractivity contribution >= 4 is 11.5 Å². The smallest absolute Gasteiger partial charge is 0.277 e. The summed E-state index contributed by atoms with van der Waals surface area (Å²) in [6.45, 7) is 4.65. The zero-order chi connectivity index (χ0) is 13.4. The predicted octanol–water partition coefficient (Wildman–Crippen LogP) is 1.49. The summed E-state index contributed by atoms with van der Waals surface area (Å²) in [5, 5.41) is 14.5. The maximum absolute atomic E-state index is 11.0. The number of aryl methyl sites for hydroxylation is 1. The lowest BCUT2D eigenvalue weighted by Crippen LogP contribution is -2.40. The molecule has 2 aliphatic rings. The first kappa shape index (κ1) is 12.3. The third kappa shape index (κ3) is 2.28. The van der Waals surface area contributed by atoms with Crippen molar-refractivity contribution < 1.29 is 4.92 Å². The van der Waals surface area contributed by atoms with Gasteiger partial charge in [0.2, 0.25) is 0 Å². The van der Waals surface area contributed by atoms with E-state index in [9.17, 15) is 10.1 Å². The molecule has 102 valence electrons. The van der Waals surface area contributed by atoms with Gasteiger partial charge in [-0.1, -0.05) is 0 Å². The molecule has 2 saturated heterocycles. The molecule has 6 nitrogen and oxygen atoms in total. The Labute approximate surface area is 112 Å². The maximum Gasteiger partial charge on any atom is 0.277 e. The van der Waals surface area contributed by atoms with Gasteiger partial charge in [0.1, 0.15) is 5.82 Å². The number of aromatic nitrogens is 1. The highest BCUT2D eigenvalue weighted by Crippen LogP contribution is 2.30. The molecule has 0 radical (unpaired) electrons. The summed E-state index contributed by atoms with van der Waals surface area (Å²) in [5.41, 5.74) is 0.774. The average molecular weight is 262 g/mol. The number of pyridine rings is 1. The molecule has 0 spiro atoms. The van der Waals surface area contributed by atoms with E-state index in [0.29, 0.717) is 17.5 Å². The lowest BCUT2D eigenvalue weighted by Gasteiger charge is -2.24. The van der Waals surface area contributed by atoms with Gasteiger partial charge in [-0.3, -0.25) is 10.1 Å². The molecule has 6 heteroatoms. The molecule has 1 N–H and O–H groups in total. The fourth-order valence-corrected chi connectivity index (χ4v) is 3.11. The quantitative estimate of drug-likeness (QED) is 0.645. The van der Waals surface area contributed by atoms with Gasteiger partial charge in [0.05, 0.1) is 11.0 Å². The second kappa shape index (κ2) is 4.77. The van der Waals surface area contributed by atoms with Crippen LogP contribution in [0, 0.1) is 23.0 Å². The topological polar surface area (TPSA) is 71.3 Å². The molecule has 3 rings (SSSR count). The van der Waals surface area contributed by atoms with Crippen LogP contribution in [0.4, 0.5) is 11.5 Å². The van der Waals surface area contributed by atoms with Crippen LogP contribution in [0.15, 0.2) is 12.3 Å². The largest absolute Gasteiger partial charge is 0.354 e. The molecule has 3 heterocycles. The minimum absolute atomic E-state index is 0.160. The normalized spacial score (nSPS) is 26.3. The van der Waals surface area contributed by atoms with Crippen molar-refractivity contribution in [2.45, 2.75) is 25.8 Å². The summed E-state index contributed by atoms with van der Waals surface area (Å²) in [6.07, 6.45) is 4.06. The lowest BCUT2D eigenvalue weighted by molar-refractivity contribution is -0.385. The molecule has 0 aromatic carbocycles. The van der Waals surface area contributed by atoms with E-state index in [1.807, 2.05) is 0 Å². The molecule has 0 amide bonds. The van der Waals surface area contributed by atoms with Gasteiger partial charge in [0, 0.05) is 30.9 Å². The van der Waals surface area contributed by atoms with Gasteiger partial charge >= 0.3 is 0 Å². The highest BCUT2D eigenvalue weighted by atomic mass is 16.6. The van der Waals surface area contributed by atoms with E-state index in [4.69, 9.17) is 0 Å². The third-order valence-electron chi connectivity index (χ3n) is 4.18. The van der Waals surface area contributed by atoms with Crippen LogP contribution in [0.3, 0.4) is 0 Å². The molecule has 19 heavy (non-hydrogen) atoms. The minimum atomic E-state index is -0.331. The minimum Gasteiger partial charge on any atom is -0.354 e. The van der Waals surface area contributed by atoms with Crippen LogP contribution in [0.1, 0.15) is 18.4 Å². The Bertz CT molecular complexity index is 491. The van der Waals surface area contributed by atoms with Gasteiger partial charge in [-0.25, -0.2) is 4.98 Å². The summed E-state index contributed by atoms with van der Waals surface area (Å²) in [6, 6.07) is 2.11. The van der Waals surface area contributed by atoms with Crippen LogP contribution in [0.25, 0.3) is 0 Å². The summed E-state index contributed by atoms with van der Waals surface area (Å²) in [7, 11) is 0. The van der Waals surface area contributed by atoms with Crippen molar-refractivity contribution in [3.8, 4) is 0 Å². The molecule has 2 fully saturated rings. The number of hydrogen-bond acceptors (Lipinski definition) is 5. The SMILES string of the molecule is Cc1cnc(N2C[C@@H]3CCCN[C@@H]3C2)cc1[N+](=O)[O-]. The van der Waals surface area contributed by atoms with Crippen LogP contribution < -0.4 is 10.2 Å². The van der Waals surface area contributed by atoms with Gasteiger partial charge in [-0.15, -0.1) is 0 Å². The van der Waals surface area contributed by atoms with Gasteiger partial charge < -0.3 is 10.2 Å². The summed E-state index contributed by atoms with van der Waals surface area (Å²) >= 11 is 0. The lowest BCUT2D eigenvalue weighted by atomic mass is 9.94. The second-order valence-corrected chi connectivity index (χ2v) is 5.45. The predicted molar refractivity (Wildman–Crippen MR) is 72.4 cm³/mol. The third-order valence-corrected chi connectivity index (χ3v) is 4.18. The van der Waals surface area contributed by atoms with Gasteiger partial charge in [0.25, 0.3) is 5.69 Å². The second-order valence-electron chi connectivity index (χ2n) is 5.45. The van der Waals surface area contributed by atoms with Gasteiger partial charge in [0.15, 0.2) is 0 Å². The Balaban J connectivity index is 1.83. The van der Waals surface area contributed by atoms with Crippen LogP contribution in [0.5, 0.6) is 0 Å². The van der Waals surface area contributed by atoms with Crippen molar-refractivity contribution in [1.82, 2.24) is 10.3 Å². The molecule has 2 aliphatic heterocycles. The van der Waals surface area contributed by atoms with E-state index in [1.165, 1.54) is 12.8 Å². The van der Waals surface area contributed by atoms with E-state index < -0.39 is 0 Å². The van der Waals surface area contributed by atoms with Crippen LogP contribution in [-0.2, 0) is 0 Å². The van der Waals surface area contributed by atoms with Crippen molar-refractivity contribution in [2.24, 2.45) is 5.92 Å². The van der Waals surface area contributed by atoms with Crippen molar-refractivity contribution in [1.29, 1.82) is 0 Å². The first-order chi connectivity index (χ1) is 9.15. The first-order valence-corrected chi connectivity index (χ1v) is 6.74. The Hall–Kier alpha value is -1.69. The Morgan fingerprint density at radius 2 is 2.37 bits per heavy atom. The Morgan fingerprint density at radius 1 is 1.53 bits per heavy atom. The number of nitrogens with one attached hydrogen (secondary N) is 1. The fraction of sp³-hybridized carbons (Fsp3) is 0.615. The van der Waals surface area contributed by atoms with Gasteiger partial charge in [-0.2, -0.15) is 0 Å². The van der Waals surface area contributed by atoms with E-state index in [2.05, 4.69) is 15.2 Å². The van der Waals surface area contributed by atoms with Gasteiger partial charge in [-0.05, 0) is 32.2 Å². The van der Waals surface area contributed by atoms with E-state index in [0.717, 1.165) is 25.5 Å². The number of nitrogens with zero attached hydrogens (tertiary/aromatic N) is 3. The number of nitro groups is 1. The summed E-state index contributed by atoms with van der Waals surface area (Å²) in [4.78, 5) is 17.2. The molecule has 0 saturated carbocycles. The summed E-state index contributed by atoms with van der Waals surface area (Å²) in [5.74, 6) is 1.38. The Kier molecular flexibility index (Phi) is 3.10. The first-order valence-electron chi connectivity index (χ1n) is 6.74. The highest BCUT2D eigenvalue weighted by molar-refractivity contribution is 5.51.